The molecule has 0 unspecified atom stereocenters. The topological polar surface area (TPSA) is 79.2 Å². The fourth-order valence-electron chi connectivity index (χ4n) is 6.05. The number of benzene rings is 2. The fraction of sp³-hybridized carbons (Fsp3) is 0.500. The van der Waals surface area contributed by atoms with Crippen molar-refractivity contribution in [2.24, 2.45) is 0 Å². The van der Waals surface area contributed by atoms with Crippen molar-refractivity contribution in [3.8, 4) is 11.3 Å². The van der Waals surface area contributed by atoms with Gasteiger partial charge in [-0.3, -0.25) is 4.79 Å². The van der Waals surface area contributed by atoms with Crippen molar-refractivity contribution in [3.05, 3.63) is 41.5 Å². The number of ketones is 1. The summed E-state index contributed by atoms with van der Waals surface area (Å²) in [5.41, 5.74) is 4.83. The van der Waals surface area contributed by atoms with Crippen LogP contribution in [0.3, 0.4) is 0 Å². The van der Waals surface area contributed by atoms with Crippen molar-refractivity contribution in [3.63, 3.8) is 0 Å². The van der Waals surface area contributed by atoms with E-state index in [4.69, 9.17) is 4.52 Å². The molecular weight excluding hydrogens is 424 g/mol. The molecule has 3 N–H and O–H groups in total. The molecule has 2 aromatic carbocycles. The van der Waals surface area contributed by atoms with Gasteiger partial charge in [0.15, 0.2) is 11.5 Å². The van der Waals surface area contributed by atoms with Crippen LogP contribution in [0.2, 0.25) is 0 Å². The van der Waals surface area contributed by atoms with E-state index in [2.05, 4.69) is 27.2 Å². The predicted molar refractivity (Wildman–Crippen MR) is 137 cm³/mol. The number of aromatic nitrogens is 1. The second-order valence-electron chi connectivity index (χ2n) is 10.2. The second-order valence-corrected chi connectivity index (χ2v) is 10.2. The molecule has 0 radical (unpaired) electrons. The van der Waals surface area contributed by atoms with Crippen molar-refractivity contribution in [2.45, 2.75) is 76.3 Å². The van der Waals surface area contributed by atoms with Gasteiger partial charge in [-0.2, -0.15) is 0 Å². The Balaban J connectivity index is 1.33. The van der Waals surface area contributed by atoms with Crippen LogP contribution in [0.25, 0.3) is 22.2 Å². The molecule has 0 amide bonds. The molecule has 0 aliphatic heterocycles. The minimum atomic E-state index is 0.0557. The van der Waals surface area contributed by atoms with E-state index in [1.165, 1.54) is 51.4 Å². The number of hydrogen-bond donors (Lipinski definition) is 3. The molecule has 1 aromatic heterocycles. The van der Waals surface area contributed by atoms with E-state index < -0.39 is 0 Å². The van der Waals surface area contributed by atoms with Crippen LogP contribution in [0.4, 0.5) is 11.4 Å². The summed E-state index contributed by atoms with van der Waals surface area (Å²) in [6, 6.07) is 10.8. The first-order chi connectivity index (χ1) is 16.8. The van der Waals surface area contributed by atoms with Crippen molar-refractivity contribution >= 4 is 28.1 Å². The lowest BCUT2D eigenvalue weighted by molar-refractivity contribution is 0.104. The van der Waals surface area contributed by atoms with Gasteiger partial charge < -0.3 is 20.5 Å². The third kappa shape index (κ3) is 3.98. The first-order valence-electron chi connectivity index (χ1n) is 13.1. The standard InChI is InChI=1S/C28H34N4O2/c33-27-20-13-7-8-14-21(20)28-25-24(27)22(31-19-11-5-2-6-12-19)17-23(26(25)32-34-28)30-16-15-29-18-9-3-1-4-10-18/h7-8,13-14,17-19,29-31H,1-6,9-12,15-16H2. The van der Waals surface area contributed by atoms with E-state index in [1.54, 1.807) is 0 Å². The molecule has 3 aliphatic carbocycles. The van der Waals surface area contributed by atoms with Crippen LogP contribution in [-0.4, -0.2) is 36.1 Å². The Kier molecular flexibility index (Phi) is 6.00. The molecule has 6 rings (SSSR count). The summed E-state index contributed by atoms with van der Waals surface area (Å²) >= 11 is 0. The molecule has 2 saturated carbocycles. The van der Waals surface area contributed by atoms with E-state index in [-0.39, 0.29) is 5.78 Å². The van der Waals surface area contributed by atoms with Gasteiger partial charge in [-0.1, -0.05) is 67.9 Å². The maximum atomic E-state index is 13.7. The van der Waals surface area contributed by atoms with Crippen molar-refractivity contribution < 1.29 is 9.32 Å². The second kappa shape index (κ2) is 9.41. The quantitative estimate of drug-likeness (QED) is 0.290. The van der Waals surface area contributed by atoms with Crippen LogP contribution in [0.15, 0.2) is 34.9 Å². The summed E-state index contributed by atoms with van der Waals surface area (Å²) in [7, 11) is 0. The normalized spacial score (nSPS) is 18.8. The first kappa shape index (κ1) is 21.7. The smallest absolute Gasteiger partial charge is 0.196 e. The van der Waals surface area contributed by atoms with E-state index in [9.17, 15) is 4.79 Å². The zero-order valence-corrected chi connectivity index (χ0v) is 19.8. The molecule has 178 valence electrons. The van der Waals surface area contributed by atoms with Gasteiger partial charge >= 0.3 is 0 Å². The Morgan fingerprint density at radius 3 is 2.32 bits per heavy atom. The molecule has 34 heavy (non-hydrogen) atoms. The highest BCUT2D eigenvalue weighted by Crippen LogP contribution is 2.45. The average molecular weight is 459 g/mol. The minimum absolute atomic E-state index is 0.0557. The Morgan fingerprint density at radius 2 is 1.56 bits per heavy atom. The zero-order valence-electron chi connectivity index (χ0n) is 19.8. The maximum Gasteiger partial charge on any atom is 0.196 e. The van der Waals surface area contributed by atoms with Gasteiger partial charge in [-0.15, -0.1) is 0 Å². The summed E-state index contributed by atoms with van der Waals surface area (Å²) in [5, 5.41) is 16.3. The molecule has 3 aliphatic rings. The summed E-state index contributed by atoms with van der Waals surface area (Å²) in [4.78, 5) is 13.7. The van der Waals surface area contributed by atoms with Crippen molar-refractivity contribution in [1.29, 1.82) is 0 Å². The highest BCUT2D eigenvalue weighted by Gasteiger charge is 2.33. The Morgan fingerprint density at radius 1 is 0.853 bits per heavy atom. The van der Waals surface area contributed by atoms with Crippen LogP contribution in [0, 0.1) is 0 Å². The largest absolute Gasteiger partial charge is 0.382 e. The number of rotatable bonds is 7. The zero-order chi connectivity index (χ0) is 22.9. The number of carbonyl (C=O) groups excluding carboxylic acids is 1. The Bertz CT molecular complexity index is 1190. The van der Waals surface area contributed by atoms with Gasteiger partial charge in [0.05, 0.1) is 16.6 Å². The molecule has 3 aromatic rings. The van der Waals surface area contributed by atoms with Crippen LogP contribution in [0.1, 0.15) is 80.1 Å². The molecule has 0 spiro atoms. The molecule has 0 saturated heterocycles. The molecule has 2 fully saturated rings. The molecule has 0 bridgehead atoms. The third-order valence-corrected chi connectivity index (χ3v) is 7.84. The van der Waals surface area contributed by atoms with E-state index in [1.807, 2.05) is 24.3 Å². The van der Waals surface area contributed by atoms with Gasteiger partial charge in [-0.05, 0) is 31.7 Å². The average Bonchev–Trinajstić information content (AvgIpc) is 3.33. The third-order valence-electron chi connectivity index (χ3n) is 7.84. The fourth-order valence-corrected chi connectivity index (χ4v) is 6.05. The summed E-state index contributed by atoms with van der Waals surface area (Å²) in [6.45, 7) is 1.71. The highest BCUT2D eigenvalue weighted by molar-refractivity contribution is 6.28. The van der Waals surface area contributed by atoms with Crippen LogP contribution < -0.4 is 16.0 Å². The number of fused-ring (bicyclic) bond motifs is 2. The van der Waals surface area contributed by atoms with Crippen LogP contribution >= 0.6 is 0 Å². The number of nitrogens with zero attached hydrogens (tertiary/aromatic N) is 1. The van der Waals surface area contributed by atoms with Crippen molar-refractivity contribution in [2.75, 3.05) is 23.7 Å². The first-order valence-corrected chi connectivity index (χ1v) is 13.1. The predicted octanol–water partition coefficient (Wildman–Crippen LogP) is 6.12. The lowest BCUT2D eigenvalue weighted by Crippen LogP contribution is -2.34. The van der Waals surface area contributed by atoms with Gasteiger partial charge in [0.2, 0.25) is 0 Å². The van der Waals surface area contributed by atoms with Crippen LogP contribution in [0.5, 0.6) is 0 Å². The SMILES string of the molecule is O=C1c2ccccc2-c2onc3c(NCCNC4CCCCC4)cc(NC4CCCCC4)c1c23. The van der Waals surface area contributed by atoms with E-state index in [0.717, 1.165) is 53.8 Å². The lowest BCUT2D eigenvalue weighted by atomic mass is 9.86. The molecular formula is C28H34N4O2. The summed E-state index contributed by atoms with van der Waals surface area (Å²) < 4.78 is 5.87. The van der Waals surface area contributed by atoms with Gasteiger partial charge in [-0.25, -0.2) is 0 Å². The minimum Gasteiger partial charge on any atom is -0.382 e. The highest BCUT2D eigenvalue weighted by atomic mass is 16.5. The maximum absolute atomic E-state index is 13.7. The molecule has 6 nitrogen and oxygen atoms in total. The molecule has 6 heteroatoms. The summed E-state index contributed by atoms with van der Waals surface area (Å²) in [5.74, 6) is 0.760. The van der Waals surface area contributed by atoms with Gasteiger partial charge in [0.25, 0.3) is 0 Å². The summed E-state index contributed by atoms with van der Waals surface area (Å²) in [6.07, 6.45) is 12.7. The lowest BCUT2D eigenvalue weighted by Gasteiger charge is -2.27. The molecule has 1 heterocycles. The number of anilines is 2. The van der Waals surface area contributed by atoms with Crippen LogP contribution in [-0.2, 0) is 0 Å². The van der Waals surface area contributed by atoms with Gasteiger partial charge in [0.1, 0.15) is 5.52 Å². The monoisotopic (exact) mass is 458 g/mol. The number of nitrogens with one attached hydrogen (secondary N) is 3. The Hall–Kier alpha value is -2.86. The van der Waals surface area contributed by atoms with E-state index >= 15 is 0 Å². The van der Waals surface area contributed by atoms with E-state index in [0.29, 0.717) is 29.0 Å². The number of hydrogen-bond acceptors (Lipinski definition) is 6. The molecule has 0 atom stereocenters. The van der Waals surface area contributed by atoms with Gasteiger partial charge in [0, 0.05) is 42.0 Å². The Labute approximate surface area is 200 Å². The van der Waals surface area contributed by atoms with Crippen molar-refractivity contribution in [1.82, 2.24) is 10.5 Å². The number of carbonyl (C=O) groups is 1.